The molecule has 2 aliphatic rings. The summed E-state index contributed by atoms with van der Waals surface area (Å²) in [5.74, 6) is 2.04. The van der Waals surface area contributed by atoms with Gasteiger partial charge in [0.1, 0.15) is 11.5 Å². The highest BCUT2D eigenvalue weighted by molar-refractivity contribution is 5.05. The van der Waals surface area contributed by atoms with Gasteiger partial charge in [0.2, 0.25) is 0 Å². The maximum atomic E-state index is 5.68. The highest BCUT2D eigenvalue weighted by Gasteiger charge is 2.37. The standard InChI is InChI=1S/C16H26N2O2/c1-13-3-6-15(20-13)9-18(2)11-16(7-8-19-12-16)10-17-14-4-5-14/h3,6,14,17H,4-5,7-12H2,1-2H3. The minimum absolute atomic E-state index is 0.277. The first-order chi connectivity index (χ1) is 9.65. The van der Waals surface area contributed by atoms with Gasteiger partial charge in [-0.05, 0) is 45.4 Å². The van der Waals surface area contributed by atoms with E-state index in [9.17, 15) is 0 Å². The van der Waals surface area contributed by atoms with E-state index in [0.29, 0.717) is 0 Å². The quantitative estimate of drug-likeness (QED) is 0.829. The summed E-state index contributed by atoms with van der Waals surface area (Å²) in [6, 6.07) is 4.88. The van der Waals surface area contributed by atoms with Crippen molar-refractivity contribution in [2.45, 2.75) is 38.8 Å². The second-order valence-electron chi connectivity index (χ2n) is 6.64. The van der Waals surface area contributed by atoms with E-state index in [0.717, 1.165) is 56.8 Å². The van der Waals surface area contributed by atoms with Crippen LogP contribution in [0.25, 0.3) is 0 Å². The molecule has 0 radical (unpaired) electrons. The van der Waals surface area contributed by atoms with Gasteiger partial charge in [0.15, 0.2) is 0 Å². The lowest BCUT2D eigenvalue weighted by Gasteiger charge is -2.32. The smallest absolute Gasteiger partial charge is 0.118 e. The van der Waals surface area contributed by atoms with Crippen molar-refractivity contribution in [1.82, 2.24) is 10.2 Å². The van der Waals surface area contributed by atoms with Crippen molar-refractivity contribution >= 4 is 0 Å². The monoisotopic (exact) mass is 278 g/mol. The lowest BCUT2D eigenvalue weighted by Crippen LogP contribution is -2.44. The van der Waals surface area contributed by atoms with Crippen LogP contribution < -0.4 is 5.32 Å². The van der Waals surface area contributed by atoms with E-state index in [2.05, 4.69) is 23.3 Å². The molecular weight excluding hydrogens is 252 g/mol. The van der Waals surface area contributed by atoms with Crippen molar-refractivity contribution in [3.8, 4) is 0 Å². The fraction of sp³-hybridized carbons (Fsp3) is 0.750. The molecule has 3 rings (SSSR count). The average Bonchev–Trinajstić information content (AvgIpc) is 3.00. The van der Waals surface area contributed by atoms with E-state index in [1.165, 1.54) is 12.8 Å². The molecule has 1 N–H and O–H groups in total. The van der Waals surface area contributed by atoms with Crippen molar-refractivity contribution in [2.24, 2.45) is 5.41 Å². The van der Waals surface area contributed by atoms with Gasteiger partial charge in [-0.2, -0.15) is 0 Å². The molecule has 1 saturated heterocycles. The summed E-state index contributed by atoms with van der Waals surface area (Å²) in [5.41, 5.74) is 0.277. The largest absolute Gasteiger partial charge is 0.465 e. The molecule has 112 valence electrons. The van der Waals surface area contributed by atoms with Crippen molar-refractivity contribution in [3.05, 3.63) is 23.7 Å². The van der Waals surface area contributed by atoms with Gasteiger partial charge in [0, 0.05) is 31.2 Å². The summed E-state index contributed by atoms with van der Waals surface area (Å²) in [6.45, 7) is 6.80. The molecule has 0 amide bonds. The first kappa shape index (κ1) is 14.1. The number of rotatable bonds is 7. The second-order valence-corrected chi connectivity index (χ2v) is 6.64. The Balaban J connectivity index is 1.54. The Morgan fingerprint density at radius 2 is 2.25 bits per heavy atom. The Morgan fingerprint density at radius 1 is 1.40 bits per heavy atom. The van der Waals surface area contributed by atoms with E-state index in [4.69, 9.17) is 9.15 Å². The predicted octanol–water partition coefficient (Wildman–Crippen LogP) is 2.18. The molecule has 4 heteroatoms. The molecule has 1 atom stereocenters. The van der Waals surface area contributed by atoms with Crippen LogP contribution in [-0.4, -0.2) is 44.3 Å². The van der Waals surface area contributed by atoms with Gasteiger partial charge in [0.25, 0.3) is 0 Å². The number of hydrogen-bond donors (Lipinski definition) is 1. The van der Waals surface area contributed by atoms with Crippen LogP contribution in [0.3, 0.4) is 0 Å². The third-order valence-corrected chi connectivity index (χ3v) is 4.36. The van der Waals surface area contributed by atoms with Gasteiger partial charge >= 0.3 is 0 Å². The van der Waals surface area contributed by atoms with E-state index < -0.39 is 0 Å². The number of nitrogens with one attached hydrogen (secondary N) is 1. The zero-order chi connectivity index (χ0) is 14.0. The van der Waals surface area contributed by atoms with Crippen LogP contribution in [0, 0.1) is 12.3 Å². The average molecular weight is 278 g/mol. The molecular formula is C16H26N2O2. The van der Waals surface area contributed by atoms with Crippen LogP contribution >= 0.6 is 0 Å². The number of hydrogen-bond acceptors (Lipinski definition) is 4. The Bertz CT molecular complexity index is 433. The van der Waals surface area contributed by atoms with Crippen LogP contribution in [0.15, 0.2) is 16.5 Å². The van der Waals surface area contributed by atoms with Gasteiger partial charge in [-0.1, -0.05) is 0 Å². The van der Waals surface area contributed by atoms with E-state index in [-0.39, 0.29) is 5.41 Å². The third kappa shape index (κ3) is 3.62. The molecule has 2 fully saturated rings. The van der Waals surface area contributed by atoms with E-state index >= 15 is 0 Å². The molecule has 4 nitrogen and oxygen atoms in total. The fourth-order valence-electron chi connectivity index (χ4n) is 3.08. The molecule has 1 aromatic heterocycles. The van der Waals surface area contributed by atoms with Crippen LogP contribution in [-0.2, 0) is 11.3 Å². The predicted molar refractivity (Wildman–Crippen MR) is 78.7 cm³/mol. The zero-order valence-corrected chi connectivity index (χ0v) is 12.7. The summed E-state index contributed by atoms with van der Waals surface area (Å²) < 4.78 is 11.3. The summed E-state index contributed by atoms with van der Waals surface area (Å²) in [4.78, 5) is 2.36. The Kier molecular flexibility index (Phi) is 4.15. The highest BCUT2D eigenvalue weighted by atomic mass is 16.5. The first-order valence-corrected chi connectivity index (χ1v) is 7.70. The summed E-state index contributed by atoms with van der Waals surface area (Å²) in [6.07, 6.45) is 3.85. The number of furan rings is 1. The SMILES string of the molecule is Cc1ccc(CN(C)CC2(CNC3CC3)CCOC2)o1. The molecule has 1 aromatic rings. The summed E-state index contributed by atoms with van der Waals surface area (Å²) in [7, 11) is 2.18. The summed E-state index contributed by atoms with van der Waals surface area (Å²) >= 11 is 0. The topological polar surface area (TPSA) is 37.6 Å². The van der Waals surface area contributed by atoms with Crippen molar-refractivity contribution in [2.75, 3.05) is 33.4 Å². The number of ether oxygens (including phenoxy) is 1. The van der Waals surface area contributed by atoms with Crippen LogP contribution in [0.4, 0.5) is 0 Å². The molecule has 0 spiro atoms. The lowest BCUT2D eigenvalue weighted by molar-refractivity contribution is 0.113. The van der Waals surface area contributed by atoms with E-state index in [1.807, 2.05) is 13.0 Å². The molecule has 0 bridgehead atoms. The van der Waals surface area contributed by atoms with Gasteiger partial charge < -0.3 is 14.5 Å². The lowest BCUT2D eigenvalue weighted by atomic mass is 9.86. The molecule has 20 heavy (non-hydrogen) atoms. The molecule has 2 heterocycles. The fourth-order valence-corrected chi connectivity index (χ4v) is 3.08. The first-order valence-electron chi connectivity index (χ1n) is 7.70. The Labute approximate surface area is 121 Å². The second kappa shape index (κ2) is 5.88. The van der Waals surface area contributed by atoms with E-state index in [1.54, 1.807) is 0 Å². The normalized spacial score (nSPS) is 26.6. The van der Waals surface area contributed by atoms with Crippen LogP contribution in [0.5, 0.6) is 0 Å². The van der Waals surface area contributed by atoms with Crippen molar-refractivity contribution in [3.63, 3.8) is 0 Å². The minimum Gasteiger partial charge on any atom is -0.465 e. The molecule has 1 aliphatic heterocycles. The molecule has 1 aliphatic carbocycles. The zero-order valence-electron chi connectivity index (χ0n) is 12.7. The summed E-state index contributed by atoms with van der Waals surface area (Å²) in [5, 5.41) is 3.68. The van der Waals surface area contributed by atoms with Crippen LogP contribution in [0.2, 0.25) is 0 Å². The maximum absolute atomic E-state index is 5.68. The highest BCUT2D eigenvalue weighted by Crippen LogP contribution is 2.31. The van der Waals surface area contributed by atoms with Gasteiger partial charge in [-0.3, -0.25) is 4.90 Å². The minimum atomic E-state index is 0.277. The van der Waals surface area contributed by atoms with Gasteiger partial charge in [-0.25, -0.2) is 0 Å². The Hall–Kier alpha value is -0.840. The molecule has 1 saturated carbocycles. The third-order valence-electron chi connectivity index (χ3n) is 4.36. The number of aryl methyl sites for hydroxylation is 1. The van der Waals surface area contributed by atoms with Crippen molar-refractivity contribution in [1.29, 1.82) is 0 Å². The van der Waals surface area contributed by atoms with Crippen molar-refractivity contribution < 1.29 is 9.15 Å². The molecule has 1 unspecified atom stereocenters. The van der Waals surface area contributed by atoms with Crippen LogP contribution in [0.1, 0.15) is 30.8 Å². The molecule has 0 aromatic carbocycles. The maximum Gasteiger partial charge on any atom is 0.118 e. The Morgan fingerprint density at radius 3 is 2.85 bits per heavy atom. The number of nitrogens with zero attached hydrogens (tertiary/aromatic N) is 1. The van der Waals surface area contributed by atoms with Gasteiger partial charge in [0.05, 0.1) is 13.2 Å². The van der Waals surface area contributed by atoms with Gasteiger partial charge in [-0.15, -0.1) is 0 Å².